The van der Waals surface area contributed by atoms with Gasteiger partial charge in [-0.25, -0.2) is 32.5 Å². The molecular weight excluding hydrogens is 678 g/mol. The minimum atomic E-state index is -1.02. The molecule has 51 heavy (non-hydrogen) atoms. The summed E-state index contributed by atoms with van der Waals surface area (Å²) in [7, 11) is 0. The van der Waals surface area contributed by atoms with Crippen LogP contribution >= 0.6 is 11.6 Å². The molecule has 2 fully saturated rings. The highest BCUT2D eigenvalue weighted by atomic mass is 35.5. The van der Waals surface area contributed by atoms with Crippen LogP contribution in [0.25, 0.3) is 5.69 Å². The summed E-state index contributed by atoms with van der Waals surface area (Å²) in [5.41, 5.74) is 2.08. The summed E-state index contributed by atoms with van der Waals surface area (Å²) >= 11 is 6.30. The van der Waals surface area contributed by atoms with Crippen molar-refractivity contribution in [1.82, 2.24) is 29.1 Å². The lowest BCUT2D eigenvalue weighted by Gasteiger charge is -2.37. The van der Waals surface area contributed by atoms with E-state index >= 15 is 0 Å². The van der Waals surface area contributed by atoms with Crippen LogP contribution in [-0.4, -0.2) is 73.9 Å². The van der Waals surface area contributed by atoms with Gasteiger partial charge in [-0.3, -0.25) is 0 Å². The highest BCUT2D eigenvalue weighted by molar-refractivity contribution is 6.20. The topological polar surface area (TPSA) is 95.5 Å². The Kier molecular flexibility index (Phi) is 10.1. The van der Waals surface area contributed by atoms with Gasteiger partial charge in [0, 0.05) is 55.1 Å². The molecule has 4 heterocycles. The van der Waals surface area contributed by atoms with Crippen LogP contribution in [0.15, 0.2) is 90.5 Å². The summed E-state index contributed by atoms with van der Waals surface area (Å²) in [5.74, 6) is -0.547. The van der Waals surface area contributed by atoms with Crippen molar-refractivity contribution in [1.29, 1.82) is 0 Å². The SMILES string of the molecule is CC[C@@H]([C@@H](C)Cl)n1ncn(-c2ccc(N3CCN(c4ccc(OC[C@@H]5CO[C@@](Cn6cncn6)(c6ccc(F)cc6F)C5)cc4)CC3)cc2)c1=O. The lowest BCUT2D eigenvalue weighted by molar-refractivity contribution is -0.0206. The molecule has 11 nitrogen and oxygen atoms in total. The highest BCUT2D eigenvalue weighted by Gasteiger charge is 2.44. The van der Waals surface area contributed by atoms with Gasteiger partial charge in [-0.15, -0.1) is 11.6 Å². The van der Waals surface area contributed by atoms with Gasteiger partial charge in [0.05, 0.1) is 36.9 Å². The molecule has 0 amide bonds. The second-order valence-electron chi connectivity index (χ2n) is 13.3. The maximum atomic E-state index is 15.0. The van der Waals surface area contributed by atoms with Crippen molar-refractivity contribution < 1.29 is 18.3 Å². The fraction of sp³-hybridized carbons (Fsp3) is 0.405. The number of alkyl halides is 1. The van der Waals surface area contributed by atoms with Crippen LogP contribution < -0.4 is 20.2 Å². The van der Waals surface area contributed by atoms with E-state index in [1.54, 1.807) is 21.9 Å². The van der Waals surface area contributed by atoms with Gasteiger partial charge in [0.15, 0.2) is 0 Å². The zero-order chi connectivity index (χ0) is 35.5. The molecule has 0 saturated carbocycles. The third-order valence-corrected chi connectivity index (χ3v) is 10.2. The predicted octanol–water partition coefficient (Wildman–Crippen LogP) is 5.82. The Labute approximate surface area is 300 Å². The van der Waals surface area contributed by atoms with Gasteiger partial charge in [0.1, 0.15) is 42.0 Å². The van der Waals surface area contributed by atoms with E-state index in [9.17, 15) is 13.6 Å². The van der Waals surface area contributed by atoms with Gasteiger partial charge in [-0.05, 0) is 74.4 Å². The van der Waals surface area contributed by atoms with E-state index in [1.165, 1.54) is 23.1 Å². The van der Waals surface area contributed by atoms with Gasteiger partial charge in [0.25, 0.3) is 0 Å². The Morgan fingerprint density at radius 2 is 1.61 bits per heavy atom. The minimum Gasteiger partial charge on any atom is -0.493 e. The Bertz CT molecular complexity index is 1960. The average Bonchev–Trinajstić information content (AvgIpc) is 3.90. The van der Waals surface area contributed by atoms with Crippen LogP contribution in [0, 0.1) is 17.6 Å². The van der Waals surface area contributed by atoms with Gasteiger partial charge >= 0.3 is 5.69 Å². The van der Waals surface area contributed by atoms with Gasteiger partial charge in [0.2, 0.25) is 0 Å². The first-order valence-corrected chi connectivity index (χ1v) is 17.7. The fourth-order valence-electron chi connectivity index (χ4n) is 7.21. The quantitative estimate of drug-likeness (QED) is 0.149. The van der Waals surface area contributed by atoms with Gasteiger partial charge < -0.3 is 19.3 Å². The van der Waals surface area contributed by atoms with Crippen molar-refractivity contribution in [3.8, 4) is 11.4 Å². The predicted molar refractivity (Wildman–Crippen MR) is 191 cm³/mol. The number of piperazine rings is 1. The molecule has 2 aromatic heterocycles. The number of aromatic nitrogens is 6. The lowest BCUT2D eigenvalue weighted by atomic mass is 9.87. The number of benzene rings is 3. The third kappa shape index (κ3) is 7.36. The van der Waals surface area contributed by atoms with E-state index in [1.807, 2.05) is 50.2 Å². The summed E-state index contributed by atoms with van der Waals surface area (Å²) in [6.07, 6.45) is 5.74. The standard InChI is InChI=1S/C37H41ClF2N8O3/c1-3-35(26(2)38)48-36(49)47(25-43-48)31-7-5-29(6-8-31)44-14-16-45(17-15-44)30-9-11-32(12-10-30)50-20-27-19-37(51-21-27,22-46-24-41-23-42-46)33-13-4-28(39)18-34(33)40/h4-13,18,23-27,35H,3,14-17,19-22H2,1-2H3/t26-,27-,35+,37+/m1/s1. The number of nitrogens with zero attached hydrogens (tertiary/aromatic N) is 8. The van der Waals surface area contributed by atoms with Crippen molar-refractivity contribution in [2.45, 2.75) is 50.3 Å². The van der Waals surface area contributed by atoms with E-state index < -0.39 is 17.2 Å². The molecule has 2 saturated heterocycles. The fourth-order valence-corrected chi connectivity index (χ4v) is 7.50. The summed E-state index contributed by atoms with van der Waals surface area (Å²) in [5, 5.41) is 8.31. The minimum absolute atomic E-state index is 0.00780. The summed E-state index contributed by atoms with van der Waals surface area (Å²) in [4.78, 5) is 21.7. The monoisotopic (exact) mass is 718 g/mol. The molecule has 14 heteroatoms. The van der Waals surface area contributed by atoms with Gasteiger partial charge in [-0.1, -0.05) is 13.0 Å². The first kappa shape index (κ1) is 34.7. The van der Waals surface area contributed by atoms with E-state index in [0.717, 1.165) is 61.5 Å². The zero-order valence-corrected chi connectivity index (χ0v) is 29.4. The molecule has 2 aliphatic rings. The smallest absolute Gasteiger partial charge is 0.350 e. The van der Waals surface area contributed by atoms with E-state index in [4.69, 9.17) is 21.1 Å². The first-order valence-electron chi connectivity index (χ1n) is 17.3. The number of halogens is 3. The van der Waals surface area contributed by atoms with Crippen molar-refractivity contribution in [3.05, 3.63) is 113 Å². The van der Waals surface area contributed by atoms with Gasteiger partial charge in [-0.2, -0.15) is 10.2 Å². The Balaban J connectivity index is 0.923. The van der Waals surface area contributed by atoms with Crippen molar-refractivity contribution in [3.63, 3.8) is 0 Å². The largest absolute Gasteiger partial charge is 0.493 e. The summed E-state index contributed by atoms with van der Waals surface area (Å²) < 4.78 is 45.7. The second-order valence-corrected chi connectivity index (χ2v) is 14.0. The second kappa shape index (κ2) is 14.8. The van der Waals surface area contributed by atoms with Crippen LogP contribution in [0.4, 0.5) is 20.2 Å². The molecule has 0 unspecified atom stereocenters. The van der Waals surface area contributed by atoms with Crippen LogP contribution in [0.3, 0.4) is 0 Å². The first-order chi connectivity index (χ1) is 24.7. The van der Waals surface area contributed by atoms with Crippen LogP contribution in [0.2, 0.25) is 0 Å². The maximum Gasteiger partial charge on any atom is 0.350 e. The number of hydrogen-bond acceptors (Lipinski definition) is 8. The van der Waals surface area contributed by atoms with E-state index in [-0.39, 0.29) is 29.6 Å². The number of ether oxygens (including phenoxy) is 2. The van der Waals surface area contributed by atoms with Crippen LogP contribution in [0.1, 0.15) is 38.3 Å². The maximum absolute atomic E-state index is 15.0. The molecule has 5 aromatic rings. The molecule has 0 N–H and O–H groups in total. The molecule has 3 aromatic carbocycles. The molecule has 268 valence electrons. The molecular formula is C37H41ClF2N8O3. The molecule has 2 aliphatic heterocycles. The summed E-state index contributed by atoms with van der Waals surface area (Å²) in [6.45, 7) is 8.31. The van der Waals surface area contributed by atoms with Crippen molar-refractivity contribution in [2.75, 3.05) is 49.2 Å². The number of rotatable bonds is 12. The molecule has 0 spiro atoms. The Hall–Kier alpha value is -4.75. The molecule has 7 rings (SSSR count). The molecule has 0 bridgehead atoms. The summed E-state index contributed by atoms with van der Waals surface area (Å²) in [6, 6.07) is 19.5. The number of anilines is 2. The van der Waals surface area contributed by atoms with Crippen LogP contribution in [-0.2, 0) is 16.9 Å². The van der Waals surface area contributed by atoms with E-state index in [0.29, 0.717) is 25.2 Å². The molecule has 0 radical (unpaired) electrons. The lowest BCUT2D eigenvalue weighted by Crippen LogP contribution is -2.46. The van der Waals surface area contributed by atoms with Crippen molar-refractivity contribution >= 4 is 23.0 Å². The average molecular weight is 719 g/mol. The van der Waals surface area contributed by atoms with E-state index in [2.05, 4.69) is 37.1 Å². The molecule has 0 aliphatic carbocycles. The normalized spacial score (nSPS) is 20.5. The number of hydrogen-bond donors (Lipinski definition) is 0. The van der Waals surface area contributed by atoms with Crippen molar-refractivity contribution in [2.24, 2.45) is 5.92 Å². The zero-order valence-electron chi connectivity index (χ0n) is 28.6. The van der Waals surface area contributed by atoms with Crippen LogP contribution in [0.5, 0.6) is 5.75 Å². The third-order valence-electron chi connectivity index (χ3n) is 9.94. The Morgan fingerprint density at radius 3 is 2.22 bits per heavy atom. The molecule has 4 atom stereocenters. The highest BCUT2D eigenvalue weighted by Crippen LogP contribution is 2.42. The Morgan fingerprint density at radius 1 is 0.941 bits per heavy atom.